The summed E-state index contributed by atoms with van der Waals surface area (Å²) in [7, 11) is 1.22. The number of hydrogen-bond donors (Lipinski definition) is 2. The highest BCUT2D eigenvalue weighted by molar-refractivity contribution is 6.39. The average molecular weight is 500 g/mol. The second-order valence-electron chi connectivity index (χ2n) is 7.83. The lowest BCUT2D eigenvalue weighted by Gasteiger charge is -2.26. The molecule has 3 aromatic carbocycles. The molecule has 4 rings (SSSR count). The van der Waals surface area contributed by atoms with E-state index in [1.54, 1.807) is 0 Å². The van der Waals surface area contributed by atoms with Crippen LogP contribution in [0, 0.1) is 0 Å². The molecule has 0 saturated carbocycles. The van der Waals surface area contributed by atoms with E-state index in [2.05, 4.69) is 10.1 Å². The third-order valence-electron chi connectivity index (χ3n) is 5.43. The fraction of sp³-hybridized carbons (Fsp3) is 0.0741. The van der Waals surface area contributed by atoms with Crippen LogP contribution < -0.4 is 15.0 Å². The molecule has 4 amide bonds. The van der Waals surface area contributed by atoms with Gasteiger partial charge >= 0.3 is 18.0 Å². The molecule has 0 aromatic heterocycles. The van der Waals surface area contributed by atoms with Gasteiger partial charge in [-0.25, -0.2) is 19.3 Å². The van der Waals surface area contributed by atoms with Crippen molar-refractivity contribution in [2.24, 2.45) is 0 Å². The van der Waals surface area contributed by atoms with Crippen molar-refractivity contribution in [3.63, 3.8) is 0 Å². The van der Waals surface area contributed by atoms with E-state index >= 15 is 0 Å². The van der Waals surface area contributed by atoms with Crippen LogP contribution >= 0.6 is 0 Å². The lowest BCUT2D eigenvalue weighted by molar-refractivity contribution is -0.122. The normalized spacial score (nSPS) is 14.4. The number of benzene rings is 3. The van der Waals surface area contributed by atoms with Crippen LogP contribution in [0.5, 0.6) is 5.75 Å². The van der Waals surface area contributed by atoms with Crippen molar-refractivity contribution in [2.75, 3.05) is 12.0 Å². The zero-order valence-electron chi connectivity index (χ0n) is 19.5. The van der Waals surface area contributed by atoms with Gasteiger partial charge in [-0.05, 0) is 53.6 Å². The SMILES string of the molecule is COC(=O)c1ccc(N2C(=O)NC(=O)C(=Cc3ccc(OCc4ccccc4)c(C(=O)O)c3)C2=O)cc1. The predicted molar refractivity (Wildman–Crippen MR) is 131 cm³/mol. The number of anilines is 1. The lowest BCUT2D eigenvalue weighted by atomic mass is 10.0. The first-order valence-corrected chi connectivity index (χ1v) is 10.9. The Balaban J connectivity index is 1.62. The molecule has 2 N–H and O–H groups in total. The maximum Gasteiger partial charge on any atom is 0.339 e. The molecule has 37 heavy (non-hydrogen) atoms. The number of amides is 4. The summed E-state index contributed by atoms with van der Waals surface area (Å²) in [4.78, 5) is 62.3. The van der Waals surface area contributed by atoms with Crippen molar-refractivity contribution in [3.8, 4) is 5.75 Å². The van der Waals surface area contributed by atoms with Gasteiger partial charge in [0.15, 0.2) is 0 Å². The summed E-state index contributed by atoms with van der Waals surface area (Å²) >= 11 is 0. The molecule has 1 saturated heterocycles. The molecule has 186 valence electrons. The number of ether oxygens (including phenoxy) is 2. The molecule has 1 fully saturated rings. The fourth-order valence-corrected chi connectivity index (χ4v) is 3.59. The number of aromatic carboxylic acids is 1. The third kappa shape index (κ3) is 5.38. The smallest absolute Gasteiger partial charge is 0.339 e. The van der Waals surface area contributed by atoms with Crippen LogP contribution in [0.25, 0.3) is 6.08 Å². The second-order valence-corrected chi connectivity index (χ2v) is 7.83. The van der Waals surface area contributed by atoms with E-state index in [1.165, 1.54) is 55.7 Å². The van der Waals surface area contributed by atoms with Crippen molar-refractivity contribution in [2.45, 2.75) is 6.61 Å². The molecule has 0 atom stereocenters. The molecule has 0 bridgehead atoms. The van der Waals surface area contributed by atoms with Crippen molar-refractivity contribution in [1.82, 2.24) is 5.32 Å². The number of nitrogens with zero attached hydrogens (tertiary/aromatic N) is 1. The Bertz CT molecular complexity index is 1430. The number of hydrogen-bond acceptors (Lipinski definition) is 7. The Morgan fingerprint density at radius 3 is 2.32 bits per heavy atom. The molecule has 1 aliphatic heterocycles. The van der Waals surface area contributed by atoms with Crippen molar-refractivity contribution < 1.29 is 38.6 Å². The molecule has 10 heteroatoms. The topological polar surface area (TPSA) is 139 Å². The summed E-state index contributed by atoms with van der Waals surface area (Å²) in [5.41, 5.74) is 0.853. The first-order chi connectivity index (χ1) is 17.8. The van der Waals surface area contributed by atoms with Gasteiger partial charge in [0.25, 0.3) is 11.8 Å². The number of carboxylic acid groups (broad SMARTS) is 1. The first-order valence-electron chi connectivity index (χ1n) is 10.9. The van der Waals surface area contributed by atoms with Gasteiger partial charge in [0.2, 0.25) is 0 Å². The number of nitrogens with one attached hydrogen (secondary N) is 1. The van der Waals surface area contributed by atoms with E-state index in [4.69, 9.17) is 4.74 Å². The summed E-state index contributed by atoms with van der Waals surface area (Å²) in [6.45, 7) is 0.147. The number of carboxylic acids is 1. The maximum atomic E-state index is 13.1. The van der Waals surface area contributed by atoms with Gasteiger partial charge in [0, 0.05) is 0 Å². The molecule has 0 unspecified atom stereocenters. The van der Waals surface area contributed by atoms with Crippen LogP contribution in [0.4, 0.5) is 10.5 Å². The van der Waals surface area contributed by atoms with Crippen LogP contribution in [0.3, 0.4) is 0 Å². The van der Waals surface area contributed by atoms with Gasteiger partial charge in [-0.3, -0.25) is 14.9 Å². The number of imide groups is 2. The van der Waals surface area contributed by atoms with Crippen LogP contribution in [0.1, 0.15) is 31.8 Å². The van der Waals surface area contributed by atoms with E-state index in [1.807, 2.05) is 30.3 Å². The predicted octanol–water partition coefficient (Wildman–Crippen LogP) is 3.42. The molecule has 0 aliphatic carbocycles. The first kappa shape index (κ1) is 24.9. The van der Waals surface area contributed by atoms with Crippen LogP contribution in [0.15, 0.2) is 78.4 Å². The van der Waals surface area contributed by atoms with Gasteiger partial charge < -0.3 is 14.6 Å². The van der Waals surface area contributed by atoms with Crippen molar-refractivity contribution >= 4 is 41.5 Å². The number of barbiturate groups is 1. The summed E-state index contributed by atoms with van der Waals surface area (Å²) in [6.07, 6.45) is 1.19. The molecule has 0 spiro atoms. The van der Waals surface area contributed by atoms with Crippen molar-refractivity contribution in [3.05, 3.63) is 101 Å². The zero-order chi connectivity index (χ0) is 26.5. The summed E-state index contributed by atoms with van der Waals surface area (Å²) < 4.78 is 10.3. The van der Waals surface area contributed by atoms with Gasteiger partial charge in [-0.15, -0.1) is 0 Å². The number of urea groups is 1. The summed E-state index contributed by atoms with van der Waals surface area (Å²) in [5, 5.41) is 11.8. The molecule has 1 heterocycles. The summed E-state index contributed by atoms with van der Waals surface area (Å²) in [5.74, 6) is -3.59. The Morgan fingerprint density at radius 1 is 0.973 bits per heavy atom. The molecule has 0 radical (unpaired) electrons. The average Bonchev–Trinajstić information content (AvgIpc) is 2.90. The quantitative estimate of drug-likeness (QED) is 0.286. The monoisotopic (exact) mass is 500 g/mol. The van der Waals surface area contributed by atoms with Crippen LogP contribution in [-0.4, -0.2) is 42.0 Å². The fourth-order valence-electron chi connectivity index (χ4n) is 3.59. The largest absolute Gasteiger partial charge is 0.488 e. The van der Waals surface area contributed by atoms with Crippen LogP contribution in [-0.2, 0) is 20.9 Å². The second kappa shape index (κ2) is 10.6. The van der Waals surface area contributed by atoms with E-state index in [0.29, 0.717) is 0 Å². The Kier molecular flexibility index (Phi) is 7.10. The number of esters is 1. The molecule has 1 aliphatic rings. The minimum Gasteiger partial charge on any atom is -0.488 e. The highest BCUT2D eigenvalue weighted by atomic mass is 16.5. The molecular weight excluding hydrogens is 480 g/mol. The standard InChI is InChI=1S/C27H20N2O8/c1-36-26(34)18-8-10-19(11-9-18)29-24(31)21(23(30)28-27(29)35)14-17-7-12-22(20(13-17)25(32)33)37-15-16-5-3-2-4-6-16/h2-14H,15H2,1H3,(H,32,33)(H,28,30,35). The van der Waals surface area contributed by atoms with Gasteiger partial charge in [0.1, 0.15) is 23.5 Å². The number of rotatable bonds is 7. The molecular formula is C27H20N2O8. The number of carbonyl (C=O) groups is 5. The lowest BCUT2D eigenvalue weighted by Crippen LogP contribution is -2.54. The highest BCUT2D eigenvalue weighted by Gasteiger charge is 2.37. The Morgan fingerprint density at radius 2 is 1.68 bits per heavy atom. The Labute approximate surface area is 210 Å². The van der Waals surface area contributed by atoms with Crippen LogP contribution in [0.2, 0.25) is 0 Å². The Hall–Kier alpha value is -5.25. The number of methoxy groups -OCH3 is 1. The van der Waals surface area contributed by atoms with E-state index < -0.39 is 29.8 Å². The minimum absolute atomic E-state index is 0.112. The van der Waals surface area contributed by atoms with Crippen molar-refractivity contribution in [1.29, 1.82) is 0 Å². The highest BCUT2D eigenvalue weighted by Crippen LogP contribution is 2.26. The van der Waals surface area contributed by atoms with E-state index in [-0.39, 0.29) is 40.3 Å². The zero-order valence-corrected chi connectivity index (χ0v) is 19.5. The third-order valence-corrected chi connectivity index (χ3v) is 5.43. The summed E-state index contributed by atoms with van der Waals surface area (Å²) in [6, 6.07) is 17.9. The van der Waals surface area contributed by atoms with E-state index in [9.17, 15) is 29.1 Å². The maximum absolute atomic E-state index is 13.1. The van der Waals surface area contributed by atoms with Gasteiger partial charge in [-0.1, -0.05) is 36.4 Å². The minimum atomic E-state index is -1.26. The molecule has 3 aromatic rings. The van der Waals surface area contributed by atoms with Gasteiger partial charge in [-0.2, -0.15) is 0 Å². The molecule has 10 nitrogen and oxygen atoms in total. The van der Waals surface area contributed by atoms with Gasteiger partial charge in [0.05, 0.1) is 18.4 Å². The van der Waals surface area contributed by atoms with E-state index in [0.717, 1.165) is 10.5 Å². The number of carbonyl (C=O) groups excluding carboxylic acids is 4.